The minimum absolute atomic E-state index is 0.174. The number of imidazole rings is 1. The van der Waals surface area contributed by atoms with Crippen molar-refractivity contribution < 1.29 is 14.6 Å². The van der Waals surface area contributed by atoms with Crippen molar-refractivity contribution in [2.45, 2.75) is 38.8 Å². The largest absolute Gasteiger partial charge is 0.478 e. The second-order valence-electron chi connectivity index (χ2n) is 4.66. The van der Waals surface area contributed by atoms with Crippen LogP contribution in [0.5, 0.6) is 0 Å². The predicted octanol–water partition coefficient (Wildman–Crippen LogP) is 2.21. The first-order valence-electron chi connectivity index (χ1n) is 6.18. The van der Waals surface area contributed by atoms with Crippen molar-refractivity contribution in [3.63, 3.8) is 0 Å². The molecule has 1 aromatic heterocycles. The molecule has 2 heterocycles. The molecule has 2 rings (SSSR count). The highest BCUT2D eigenvalue weighted by Gasteiger charge is 2.22. The van der Waals surface area contributed by atoms with Gasteiger partial charge in [0, 0.05) is 12.2 Å². The van der Waals surface area contributed by atoms with E-state index in [-0.39, 0.29) is 11.7 Å². The topological polar surface area (TPSA) is 64.4 Å². The van der Waals surface area contributed by atoms with E-state index in [1.807, 2.05) is 11.5 Å². The number of rotatable bonds is 5. The molecule has 1 aliphatic rings. The first kappa shape index (κ1) is 14.1. The Morgan fingerprint density at radius 3 is 2.84 bits per heavy atom. The smallest absolute Gasteiger partial charge is 0.331 e. The van der Waals surface area contributed by atoms with Crippen LogP contribution in [-0.2, 0) is 22.0 Å². The Balaban J connectivity index is 2.36. The van der Waals surface area contributed by atoms with Gasteiger partial charge in [-0.1, -0.05) is 0 Å². The second kappa shape index (κ2) is 5.75. The molecule has 6 heteroatoms. The van der Waals surface area contributed by atoms with Gasteiger partial charge in [0.05, 0.1) is 29.9 Å². The van der Waals surface area contributed by atoms with E-state index < -0.39 is 5.97 Å². The van der Waals surface area contributed by atoms with Gasteiger partial charge in [0.2, 0.25) is 0 Å². The van der Waals surface area contributed by atoms with Gasteiger partial charge in [-0.3, -0.25) is 0 Å². The van der Waals surface area contributed by atoms with Crippen LogP contribution in [0.25, 0.3) is 6.08 Å². The van der Waals surface area contributed by atoms with Crippen LogP contribution in [0, 0.1) is 6.92 Å². The van der Waals surface area contributed by atoms with E-state index in [0.29, 0.717) is 12.4 Å². The van der Waals surface area contributed by atoms with Crippen LogP contribution in [0.1, 0.15) is 30.6 Å². The molecule has 104 valence electrons. The lowest BCUT2D eigenvalue weighted by Gasteiger charge is -2.27. The molecule has 19 heavy (non-hydrogen) atoms. The zero-order valence-corrected chi connectivity index (χ0v) is 11.8. The molecule has 0 spiro atoms. The molecule has 0 aromatic carbocycles. The maximum Gasteiger partial charge on any atom is 0.331 e. The maximum atomic E-state index is 10.9. The Kier molecular flexibility index (Phi) is 4.27. The lowest BCUT2D eigenvalue weighted by Crippen LogP contribution is -2.32. The van der Waals surface area contributed by atoms with Crippen molar-refractivity contribution in [3.8, 4) is 0 Å². The fraction of sp³-hybridized carbons (Fsp3) is 0.538. The summed E-state index contributed by atoms with van der Waals surface area (Å²) in [6.07, 6.45) is 2.83. The molecule has 0 aliphatic carbocycles. The molecule has 0 radical (unpaired) electrons. The molecular weight excluding hydrogens is 268 g/mol. The van der Waals surface area contributed by atoms with Gasteiger partial charge in [-0.05, 0) is 26.3 Å². The van der Waals surface area contributed by atoms with Gasteiger partial charge >= 0.3 is 5.97 Å². The number of aryl methyl sites for hydroxylation is 1. The fourth-order valence-electron chi connectivity index (χ4n) is 2.03. The summed E-state index contributed by atoms with van der Waals surface area (Å²) < 4.78 is 7.38. The third-order valence-electron chi connectivity index (χ3n) is 3.26. The number of halogens is 1. The summed E-state index contributed by atoms with van der Waals surface area (Å²) in [6.45, 7) is 4.88. The lowest BCUT2D eigenvalue weighted by molar-refractivity contribution is -0.132. The summed E-state index contributed by atoms with van der Waals surface area (Å²) in [5.74, 6) is 0.117. The quantitative estimate of drug-likeness (QED) is 0.665. The summed E-state index contributed by atoms with van der Waals surface area (Å²) in [7, 11) is 0. The monoisotopic (exact) mass is 284 g/mol. The molecule has 0 unspecified atom stereocenters. The molecule has 1 fully saturated rings. The maximum absolute atomic E-state index is 10.9. The van der Waals surface area contributed by atoms with Gasteiger partial charge < -0.3 is 14.4 Å². The zero-order chi connectivity index (χ0) is 14.0. The molecule has 1 aliphatic heterocycles. The highest BCUT2D eigenvalue weighted by atomic mass is 35.5. The molecular formula is C13H17ClN2O3. The summed E-state index contributed by atoms with van der Waals surface area (Å²) in [6, 6.07) is 0. The number of carboxylic acids is 1. The Morgan fingerprint density at radius 1 is 1.68 bits per heavy atom. The van der Waals surface area contributed by atoms with E-state index in [9.17, 15) is 4.79 Å². The highest BCUT2D eigenvalue weighted by molar-refractivity contribution is 6.16. The van der Waals surface area contributed by atoms with Crippen molar-refractivity contribution in [3.05, 3.63) is 22.8 Å². The zero-order valence-electron chi connectivity index (χ0n) is 11.0. The normalized spacial score (nSPS) is 19.3. The van der Waals surface area contributed by atoms with Crippen molar-refractivity contribution in [1.82, 2.24) is 9.55 Å². The SMILES string of the molecule is C/C(=C\c1c(C)nc(CCl)n1C[C@@H]1CCO1)C(=O)O. The van der Waals surface area contributed by atoms with Crippen LogP contribution >= 0.6 is 11.6 Å². The van der Waals surface area contributed by atoms with Crippen molar-refractivity contribution >= 4 is 23.6 Å². The van der Waals surface area contributed by atoms with E-state index in [1.54, 1.807) is 13.0 Å². The lowest BCUT2D eigenvalue weighted by atomic mass is 10.1. The average Bonchev–Trinajstić information content (AvgIpc) is 2.60. The van der Waals surface area contributed by atoms with E-state index in [1.165, 1.54) is 0 Å². The average molecular weight is 285 g/mol. The van der Waals surface area contributed by atoms with Crippen molar-refractivity contribution in [1.29, 1.82) is 0 Å². The summed E-state index contributed by atoms with van der Waals surface area (Å²) in [5.41, 5.74) is 1.86. The molecule has 0 bridgehead atoms. The van der Waals surface area contributed by atoms with E-state index in [4.69, 9.17) is 21.4 Å². The number of carboxylic acid groups (broad SMARTS) is 1. The van der Waals surface area contributed by atoms with Crippen molar-refractivity contribution in [2.24, 2.45) is 0 Å². The van der Waals surface area contributed by atoms with Crippen LogP contribution in [0.3, 0.4) is 0 Å². The number of alkyl halides is 1. The van der Waals surface area contributed by atoms with Crippen molar-refractivity contribution in [2.75, 3.05) is 6.61 Å². The third-order valence-corrected chi connectivity index (χ3v) is 3.50. The minimum atomic E-state index is -0.931. The van der Waals surface area contributed by atoms with E-state index >= 15 is 0 Å². The van der Waals surface area contributed by atoms with Crippen LogP contribution in [-0.4, -0.2) is 33.3 Å². The number of nitrogens with zero attached hydrogens (tertiary/aromatic N) is 2. The van der Waals surface area contributed by atoms with Gasteiger partial charge in [-0.25, -0.2) is 9.78 Å². The standard InChI is InChI=1S/C13H17ClN2O3/c1-8(13(17)18)5-11-9(2)15-12(6-14)16(11)7-10-3-4-19-10/h5,10H,3-4,6-7H2,1-2H3,(H,17,18)/b8-5+/t10-/m0/s1. The molecule has 1 aromatic rings. The molecule has 0 saturated carbocycles. The van der Waals surface area contributed by atoms with E-state index in [2.05, 4.69) is 4.98 Å². The summed E-state index contributed by atoms with van der Waals surface area (Å²) in [5, 5.41) is 8.98. The van der Waals surface area contributed by atoms with E-state index in [0.717, 1.165) is 30.2 Å². The highest BCUT2D eigenvalue weighted by Crippen LogP contribution is 2.21. The van der Waals surface area contributed by atoms with Crippen LogP contribution in [0.2, 0.25) is 0 Å². The Labute approximate surface area is 116 Å². The molecule has 1 N–H and O–H groups in total. The van der Waals surface area contributed by atoms with Gasteiger partial charge in [0.15, 0.2) is 0 Å². The number of hydrogen-bond acceptors (Lipinski definition) is 3. The molecule has 0 amide bonds. The predicted molar refractivity (Wildman–Crippen MR) is 72.2 cm³/mol. The third kappa shape index (κ3) is 2.98. The number of aliphatic carboxylic acids is 1. The second-order valence-corrected chi connectivity index (χ2v) is 4.92. The Morgan fingerprint density at radius 2 is 2.37 bits per heavy atom. The molecule has 1 atom stereocenters. The van der Waals surface area contributed by atoms with Crippen LogP contribution in [0.4, 0.5) is 0 Å². The first-order chi connectivity index (χ1) is 9.02. The fourth-order valence-corrected chi connectivity index (χ4v) is 2.24. The number of aromatic nitrogens is 2. The van der Waals surface area contributed by atoms with Crippen LogP contribution < -0.4 is 0 Å². The summed E-state index contributed by atoms with van der Waals surface area (Å²) >= 11 is 5.90. The number of ether oxygens (including phenoxy) is 1. The van der Waals surface area contributed by atoms with Gasteiger partial charge in [0.25, 0.3) is 0 Å². The van der Waals surface area contributed by atoms with Crippen LogP contribution in [0.15, 0.2) is 5.57 Å². The molecule has 5 nitrogen and oxygen atoms in total. The summed E-state index contributed by atoms with van der Waals surface area (Å²) in [4.78, 5) is 15.3. The van der Waals surface area contributed by atoms with Gasteiger partial charge in [-0.2, -0.15) is 0 Å². The minimum Gasteiger partial charge on any atom is -0.478 e. The van der Waals surface area contributed by atoms with Gasteiger partial charge in [0.1, 0.15) is 5.82 Å². The number of hydrogen-bond donors (Lipinski definition) is 1. The Bertz CT molecular complexity index is 518. The first-order valence-corrected chi connectivity index (χ1v) is 6.71. The number of carbonyl (C=O) groups is 1. The van der Waals surface area contributed by atoms with Gasteiger partial charge in [-0.15, -0.1) is 11.6 Å². The Hall–Kier alpha value is -1.33. The molecule has 1 saturated heterocycles.